The van der Waals surface area contributed by atoms with Gasteiger partial charge >= 0.3 is 12.0 Å². The highest BCUT2D eigenvalue weighted by Gasteiger charge is 2.52. The monoisotopic (exact) mass is 495 g/mol. The fourth-order valence-electron chi connectivity index (χ4n) is 5.26. The van der Waals surface area contributed by atoms with Crippen molar-refractivity contribution in [2.45, 2.75) is 57.7 Å². The van der Waals surface area contributed by atoms with Gasteiger partial charge in [-0.15, -0.1) is 0 Å². The maximum absolute atomic E-state index is 12.9. The molecular weight excluding hydrogens is 466 g/mol. The Morgan fingerprint density at radius 2 is 1.86 bits per heavy atom. The van der Waals surface area contributed by atoms with Gasteiger partial charge in [-0.2, -0.15) is 0 Å². The van der Waals surface area contributed by atoms with Crippen LogP contribution in [0.4, 0.5) is 4.79 Å². The van der Waals surface area contributed by atoms with E-state index in [4.69, 9.17) is 14.2 Å². The molecule has 3 amide bonds. The van der Waals surface area contributed by atoms with Gasteiger partial charge in [0, 0.05) is 17.0 Å². The quantitative estimate of drug-likeness (QED) is 0.356. The first-order valence-electron chi connectivity index (χ1n) is 12.2. The maximum Gasteiger partial charge on any atom is 0.326 e. The lowest BCUT2D eigenvalue weighted by molar-refractivity contribution is -0.146. The fourth-order valence-corrected chi connectivity index (χ4v) is 5.26. The largest absolute Gasteiger partial charge is 0.486 e. The van der Waals surface area contributed by atoms with Crippen molar-refractivity contribution in [1.29, 1.82) is 0 Å². The number of Topliss-reactive ketones (excluding diaryl/α,β-unsaturated/α-hetero) is 1. The van der Waals surface area contributed by atoms with Gasteiger partial charge in [-0.1, -0.05) is 25.0 Å². The number of carbonyl (C=O) groups is 4. The van der Waals surface area contributed by atoms with Gasteiger partial charge in [0.25, 0.3) is 5.91 Å². The van der Waals surface area contributed by atoms with E-state index in [1.54, 1.807) is 6.07 Å². The summed E-state index contributed by atoms with van der Waals surface area (Å²) >= 11 is 0. The highest BCUT2D eigenvalue weighted by molar-refractivity contribution is 6.09. The summed E-state index contributed by atoms with van der Waals surface area (Å²) in [5.74, 6) is -0.170. The molecule has 1 atom stereocenters. The zero-order valence-electron chi connectivity index (χ0n) is 20.4. The van der Waals surface area contributed by atoms with Crippen LogP contribution in [-0.2, 0) is 20.9 Å². The molecule has 190 valence electrons. The number of carbonyl (C=O) groups excluding carboxylic acids is 4. The van der Waals surface area contributed by atoms with Gasteiger partial charge in [-0.05, 0) is 44.9 Å². The molecule has 36 heavy (non-hydrogen) atoms. The smallest absolute Gasteiger partial charge is 0.326 e. The zero-order valence-corrected chi connectivity index (χ0v) is 20.4. The summed E-state index contributed by atoms with van der Waals surface area (Å²) in [6.45, 7) is 3.61. The van der Waals surface area contributed by atoms with Gasteiger partial charge in [0.2, 0.25) is 5.78 Å². The number of urea groups is 1. The number of hydrogen-bond donors (Lipinski definition) is 1. The number of nitrogens with one attached hydrogen (secondary N) is 1. The van der Waals surface area contributed by atoms with Gasteiger partial charge in [0.05, 0.1) is 6.54 Å². The lowest BCUT2D eigenvalue weighted by atomic mass is 9.98. The molecule has 1 saturated carbocycles. The average Bonchev–Trinajstić information content (AvgIpc) is 3.52. The minimum absolute atomic E-state index is 0.224. The van der Waals surface area contributed by atoms with Crippen LogP contribution in [0, 0.1) is 13.8 Å². The molecule has 10 nitrogen and oxygen atoms in total. The van der Waals surface area contributed by atoms with Crippen molar-refractivity contribution in [1.82, 2.24) is 14.8 Å². The Balaban J connectivity index is 1.17. The third kappa shape index (κ3) is 4.31. The third-order valence-electron chi connectivity index (χ3n) is 7.18. The fraction of sp³-hybridized carbons (Fsp3) is 0.462. The summed E-state index contributed by atoms with van der Waals surface area (Å²) in [4.78, 5) is 51.1. The molecule has 1 N–H and O–H groups in total. The molecular formula is C26H29N3O7. The van der Waals surface area contributed by atoms with Crippen molar-refractivity contribution in [3.8, 4) is 11.5 Å². The normalized spacial score (nSPS) is 20.1. The summed E-state index contributed by atoms with van der Waals surface area (Å²) in [5, 5.41) is 2.72. The second-order valence-electron chi connectivity index (χ2n) is 9.59. The summed E-state index contributed by atoms with van der Waals surface area (Å²) < 4.78 is 19.0. The second kappa shape index (κ2) is 9.33. The topological polar surface area (TPSA) is 116 Å². The molecule has 1 saturated heterocycles. The standard InChI is InChI=1S/C26H29N3O7/c1-16-11-19(17(2)28(16)12-18-14-34-21-7-3-4-8-22(21)36-18)20(30)15-35-23(31)13-29-24(32)26(27-25(29)33)9-5-6-10-26/h3-4,7-8,11,18H,5-6,9-10,12-15H2,1-2H3,(H,27,33)/t18-/m1/s1. The summed E-state index contributed by atoms with van der Waals surface area (Å²) in [6, 6.07) is 8.64. The summed E-state index contributed by atoms with van der Waals surface area (Å²) in [5.41, 5.74) is 1.15. The van der Waals surface area contributed by atoms with E-state index in [-0.39, 0.29) is 11.9 Å². The van der Waals surface area contributed by atoms with Crippen LogP contribution >= 0.6 is 0 Å². The van der Waals surface area contributed by atoms with Gasteiger partial charge in [-0.25, -0.2) is 4.79 Å². The molecule has 10 heteroatoms. The number of aromatic nitrogens is 1. The molecule has 1 spiro atoms. The van der Waals surface area contributed by atoms with Gasteiger partial charge in [0.1, 0.15) is 18.7 Å². The van der Waals surface area contributed by atoms with Crippen LogP contribution in [0.5, 0.6) is 11.5 Å². The molecule has 2 aliphatic heterocycles. The van der Waals surface area contributed by atoms with E-state index in [1.807, 2.05) is 42.7 Å². The Morgan fingerprint density at radius 1 is 1.14 bits per heavy atom. The maximum atomic E-state index is 12.9. The SMILES string of the molecule is Cc1cc(C(=O)COC(=O)CN2C(=O)NC3(CCCC3)C2=O)c(C)n1C[C@@H]1COc2ccccc2O1. The van der Waals surface area contributed by atoms with E-state index >= 15 is 0 Å². The molecule has 0 radical (unpaired) electrons. The minimum Gasteiger partial charge on any atom is -0.486 e. The number of imide groups is 1. The van der Waals surface area contributed by atoms with Crippen molar-refractivity contribution in [2.75, 3.05) is 19.8 Å². The molecule has 1 aromatic heterocycles. The van der Waals surface area contributed by atoms with Crippen LogP contribution in [0.25, 0.3) is 0 Å². The zero-order chi connectivity index (χ0) is 25.4. The predicted molar refractivity (Wildman–Crippen MR) is 127 cm³/mol. The van der Waals surface area contributed by atoms with E-state index in [0.29, 0.717) is 43.1 Å². The number of amides is 3. The van der Waals surface area contributed by atoms with Crippen molar-refractivity contribution in [3.63, 3.8) is 0 Å². The molecule has 0 bridgehead atoms. The minimum atomic E-state index is -0.889. The molecule has 0 unspecified atom stereocenters. The molecule has 5 rings (SSSR count). The number of ether oxygens (including phenoxy) is 3. The highest BCUT2D eigenvalue weighted by Crippen LogP contribution is 2.35. The Kier molecular flexibility index (Phi) is 6.19. The summed E-state index contributed by atoms with van der Waals surface area (Å²) in [6.07, 6.45) is 2.62. The van der Waals surface area contributed by atoms with Crippen molar-refractivity contribution >= 4 is 23.7 Å². The van der Waals surface area contributed by atoms with Gasteiger partial charge in [-0.3, -0.25) is 19.3 Å². The van der Waals surface area contributed by atoms with Crippen LogP contribution in [-0.4, -0.2) is 64.6 Å². The molecule has 3 aliphatic rings. The van der Waals surface area contributed by atoms with Gasteiger partial charge < -0.3 is 24.1 Å². The molecule has 1 aliphatic carbocycles. The number of fused-ring (bicyclic) bond motifs is 1. The van der Waals surface area contributed by atoms with Crippen LogP contribution in [0.15, 0.2) is 30.3 Å². The van der Waals surface area contributed by atoms with Crippen LogP contribution < -0.4 is 14.8 Å². The summed E-state index contributed by atoms with van der Waals surface area (Å²) in [7, 11) is 0. The first-order valence-corrected chi connectivity index (χ1v) is 12.2. The van der Waals surface area contributed by atoms with E-state index in [2.05, 4.69) is 5.32 Å². The predicted octanol–water partition coefficient (Wildman–Crippen LogP) is 2.54. The highest BCUT2D eigenvalue weighted by atomic mass is 16.6. The second-order valence-corrected chi connectivity index (χ2v) is 9.59. The number of benzene rings is 1. The van der Waals surface area contributed by atoms with Crippen LogP contribution in [0.3, 0.4) is 0 Å². The van der Waals surface area contributed by atoms with E-state index in [1.165, 1.54) is 0 Å². The Bertz CT molecular complexity index is 1230. The molecule has 2 fully saturated rings. The Hall–Kier alpha value is -3.82. The van der Waals surface area contributed by atoms with Crippen molar-refractivity contribution < 1.29 is 33.4 Å². The average molecular weight is 496 g/mol. The number of rotatable bonds is 7. The number of nitrogens with zero attached hydrogens (tertiary/aromatic N) is 2. The van der Waals surface area contributed by atoms with E-state index in [9.17, 15) is 19.2 Å². The number of aryl methyl sites for hydroxylation is 1. The molecule has 1 aromatic carbocycles. The third-order valence-corrected chi connectivity index (χ3v) is 7.18. The Morgan fingerprint density at radius 3 is 2.61 bits per heavy atom. The first kappa shape index (κ1) is 23.9. The molecule has 3 heterocycles. The van der Waals surface area contributed by atoms with Gasteiger partial charge in [0.15, 0.2) is 24.2 Å². The first-order chi connectivity index (χ1) is 17.3. The lowest BCUT2D eigenvalue weighted by Gasteiger charge is -2.27. The van der Waals surface area contributed by atoms with Crippen LogP contribution in [0.1, 0.15) is 47.4 Å². The number of ketones is 1. The van der Waals surface area contributed by atoms with E-state index < -0.39 is 36.6 Å². The molecule has 2 aromatic rings. The van der Waals surface area contributed by atoms with E-state index in [0.717, 1.165) is 29.1 Å². The van der Waals surface area contributed by atoms with Crippen molar-refractivity contribution in [3.05, 3.63) is 47.3 Å². The number of esters is 1. The number of hydrogen-bond acceptors (Lipinski definition) is 7. The lowest BCUT2D eigenvalue weighted by Crippen LogP contribution is -2.44. The Labute approximate surface area is 208 Å². The van der Waals surface area contributed by atoms with Crippen molar-refractivity contribution in [2.24, 2.45) is 0 Å². The van der Waals surface area contributed by atoms with Crippen LogP contribution in [0.2, 0.25) is 0 Å². The number of para-hydroxylation sites is 2.